The molecule has 0 saturated carbocycles. The smallest absolute Gasteiger partial charge is 0.144 e. The van der Waals surface area contributed by atoms with Gasteiger partial charge in [0.1, 0.15) is 5.84 Å². The van der Waals surface area contributed by atoms with Gasteiger partial charge in [-0.05, 0) is 38.6 Å². The Labute approximate surface area is 109 Å². The second-order valence-corrected chi connectivity index (χ2v) is 6.33. The molecule has 0 saturated heterocycles. The molecule has 0 amide bonds. The molecule has 5 heteroatoms. The third kappa shape index (κ3) is 7.49. The molecule has 0 heterocycles. The van der Waals surface area contributed by atoms with Crippen LogP contribution in [0.3, 0.4) is 0 Å². The third-order valence-electron chi connectivity index (χ3n) is 3.09. The molecule has 0 bridgehead atoms. The Hall–Kier alpha value is -0.420. The fraction of sp³-hybridized carbons (Fsp3) is 0.917. The summed E-state index contributed by atoms with van der Waals surface area (Å²) < 4.78 is 0. The molecule has 0 fully saturated rings. The van der Waals surface area contributed by atoms with E-state index in [0.29, 0.717) is 5.84 Å². The summed E-state index contributed by atoms with van der Waals surface area (Å²) in [5.74, 6) is 0.313. The summed E-state index contributed by atoms with van der Waals surface area (Å²) in [5.41, 5.74) is 5.41. The number of thioether (sulfide) groups is 1. The maximum Gasteiger partial charge on any atom is 0.144 e. The SMILES string of the molecule is CSC(C)CCNCCCC(C)(C)C(N)=NO. The monoisotopic (exact) mass is 261 g/mol. The van der Waals surface area contributed by atoms with E-state index in [1.807, 2.05) is 25.6 Å². The second-order valence-electron chi connectivity index (χ2n) is 5.06. The first-order valence-electron chi connectivity index (χ1n) is 6.15. The molecule has 1 unspecified atom stereocenters. The highest BCUT2D eigenvalue weighted by Crippen LogP contribution is 2.21. The highest BCUT2D eigenvalue weighted by atomic mass is 32.2. The number of hydrogen-bond donors (Lipinski definition) is 3. The summed E-state index contributed by atoms with van der Waals surface area (Å²) in [5, 5.41) is 15.9. The topological polar surface area (TPSA) is 70.6 Å². The number of nitrogens with two attached hydrogens (primary N) is 1. The van der Waals surface area contributed by atoms with Crippen LogP contribution in [0, 0.1) is 5.41 Å². The van der Waals surface area contributed by atoms with Gasteiger partial charge >= 0.3 is 0 Å². The molecule has 0 rings (SSSR count). The van der Waals surface area contributed by atoms with Crippen LogP contribution < -0.4 is 11.1 Å². The lowest BCUT2D eigenvalue weighted by Crippen LogP contribution is -2.32. The third-order valence-corrected chi connectivity index (χ3v) is 4.13. The lowest BCUT2D eigenvalue weighted by atomic mass is 9.86. The maximum absolute atomic E-state index is 8.64. The zero-order chi connectivity index (χ0) is 13.3. The van der Waals surface area contributed by atoms with Crippen molar-refractivity contribution in [1.29, 1.82) is 0 Å². The van der Waals surface area contributed by atoms with Crippen molar-refractivity contribution >= 4 is 17.6 Å². The van der Waals surface area contributed by atoms with Crippen LogP contribution in [0.2, 0.25) is 0 Å². The predicted octanol–water partition coefficient (Wildman–Crippen LogP) is 2.27. The van der Waals surface area contributed by atoms with E-state index in [-0.39, 0.29) is 5.41 Å². The molecule has 0 aliphatic rings. The lowest BCUT2D eigenvalue weighted by Gasteiger charge is -2.22. The van der Waals surface area contributed by atoms with Gasteiger partial charge in [-0.15, -0.1) is 0 Å². The quantitative estimate of drug-likeness (QED) is 0.196. The van der Waals surface area contributed by atoms with Gasteiger partial charge in [0.2, 0.25) is 0 Å². The van der Waals surface area contributed by atoms with Crippen molar-refractivity contribution in [1.82, 2.24) is 5.32 Å². The van der Waals surface area contributed by atoms with Gasteiger partial charge in [0.05, 0.1) is 0 Å². The molecule has 0 aliphatic heterocycles. The number of nitrogens with one attached hydrogen (secondary N) is 1. The highest BCUT2D eigenvalue weighted by molar-refractivity contribution is 7.99. The second kappa shape index (κ2) is 8.64. The number of nitrogens with zero attached hydrogens (tertiary/aromatic N) is 1. The largest absolute Gasteiger partial charge is 0.409 e. The first kappa shape index (κ1) is 16.6. The summed E-state index contributed by atoms with van der Waals surface area (Å²) in [7, 11) is 0. The summed E-state index contributed by atoms with van der Waals surface area (Å²) in [6, 6.07) is 0. The van der Waals surface area contributed by atoms with Crippen LogP contribution in [0.5, 0.6) is 0 Å². The van der Waals surface area contributed by atoms with E-state index in [1.165, 1.54) is 6.42 Å². The molecule has 0 aromatic carbocycles. The summed E-state index contributed by atoms with van der Waals surface area (Å²) in [6.07, 6.45) is 5.31. The highest BCUT2D eigenvalue weighted by Gasteiger charge is 2.22. The van der Waals surface area contributed by atoms with Crippen molar-refractivity contribution < 1.29 is 5.21 Å². The standard InChI is InChI=1S/C12H27N3OS/c1-10(17-4)6-9-14-8-5-7-12(2,3)11(13)15-16/h10,14,16H,5-9H2,1-4H3,(H2,13,15). The minimum Gasteiger partial charge on any atom is -0.409 e. The Balaban J connectivity index is 3.58. The van der Waals surface area contributed by atoms with Crippen LogP contribution in [0.25, 0.3) is 0 Å². The lowest BCUT2D eigenvalue weighted by molar-refractivity contribution is 0.304. The van der Waals surface area contributed by atoms with Crippen molar-refractivity contribution in [3.05, 3.63) is 0 Å². The van der Waals surface area contributed by atoms with Gasteiger partial charge in [0.25, 0.3) is 0 Å². The number of hydrogen-bond acceptors (Lipinski definition) is 4. The van der Waals surface area contributed by atoms with Crippen molar-refractivity contribution in [2.45, 2.75) is 45.3 Å². The maximum atomic E-state index is 8.64. The summed E-state index contributed by atoms with van der Waals surface area (Å²) in [6.45, 7) is 8.29. The van der Waals surface area contributed by atoms with Crippen molar-refractivity contribution in [2.75, 3.05) is 19.3 Å². The van der Waals surface area contributed by atoms with Crippen LogP contribution in [-0.4, -0.2) is 35.6 Å². The average molecular weight is 261 g/mol. The van der Waals surface area contributed by atoms with E-state index in [2.05, 4.69) is 23.7 Å². The predicted molar refractivity (Wildman–Crippen MR) is 76.9 cm³/mol. The number of rotatable bonds is 9. The molecule has 4 N–H and O–H groups in total. The van der Waals surface area contributed by atoms with E-state index in [4.69, 9.17) is 10.9 Å². The fourth-order valence-electron chi connectivity index (χ4n) is 1.47. The van der Waals surface area contributed by atoms with E-state index >= 15 is 0 Å². The van der Waals surface area contributed by atoms with Crippen LogP contribution in [-0.2, 0) is 0 Å². The minimum absolute atomic E-state index is 0.219. The van der Waals surface area contributed by atoms with E-state index in [0.717, 1.165) is 31.2 Å². The normalized spacial score (nSPS) is 14.9. The number of oxime groups is 1. The van der Waals surface area contributed by atoms with Gasteiger partial charge in [0.15, 0.2) is 0 Å². The zero-order valence-corrected chi connectivity index (χ0v) is 12.3. The van der Waals surface area contributed by atoms with E-state index < -0.39 is 0 Å². The van der Waals surface area contributed by atoms with Crippen LogP contribution in [0.4, 0.5) is 0 Å². The van der Waals surface area contributed by atoms with Gasteiger partial charge < -0.3 is 16.3 Å². The molecule has 0 radical (unpaired) electrons. The first-order chi connectivity index (χ1) is 7.94. The van der Waals surface area contributed by atoms with Crippen LogP contribution >= 0.6 is 11.8 Å². The van der Waals surface area contributed by atoms with Gasteiger partial charge in [-0.1, -0.05) is 25.9 Å². The Bertz CT molecular complexity index is 232. The molecular formula is C12H27N3OS. The Morgan fingerprint density at radius 1 is 1.47 bits per heavy atom. The Morgan fingerprint density at radius 3 is 2.65 bits per heavy atom. The summed E-state index contributed by atoms with van der Waals surface area (Å²) >= 11 is 1.90. The molecule has 17 heavy (non-hydrogen) atoms. The van der Waals surface area contributed by atoms with Gasteiger partial charge in [-0.2, -0.15) is 11.8 Å². The number of amidine groups is 1. The average Bonchev–Trinajstić information content (AvgIpc) is 2.31. The molecule has 0 aromatic rings. The van der Waals surface area contributed by atoms with E-state index in [1.54, 1.807) is 0 Å². The molecule has 4 nitrogen and oxygen atoms in total. The van der Waals surface area contributed by atoms with Gasteiger partial charge in [-0.25, -0.2) is 0 Å². The first-order valence-corrected chi connectivity index (χ1v) is 7.44. The Morgan fingerprint density at radius 2 is 2.12 bits per heavy atom. The van der Waals surface area contributed by atoms with Gasteiger partial charge in [0, 0.05) is 10.7 Å². The summed E-state index contributed by atoms with van der Waals surface area (Å²) in [4.78, 5) is 0. The molecule has 102 valence electrons. The minimum atomic E-state index is -0.219. The van der Waals surface area contributed by atoms with Crippen LogP contribution in [0.15, 0.2) is 5.16 Å². The van der Waals surface area contributed by atoms with Crippen LogP contribution in [0.1, 0.15) is 40.0 Å². The zero-order valence-electron chi connectivity index (χ0n) is 11.5. The van der Waals surface area contributed by atoms with Crippen molar-refractivity contribution in [3.63, 3.8) is 0 Å². The molecular weight excluding hydrogens is 234 g/mol. The van der Waals surface area contributed by atoms with Crippen molar-refractivity contribution in [2.24, 2.45) is 16.3 Å². The van der Waals surface area contributed by atoms with Gasteiger partial charge in [-0.3, -0.25) is 0 Å². The fourth-order valence-corrected chi connectivity index (χ4v) is 1.82. The molecule has 1 atom stereocenters. The van der Waals surface area contributed by atoms with E-state index in [9.17, 15) is 0 Å². The molecule has 0 aliphatic carbocycles. The molecule has 0 spiro atoms. The Kier molecular flexibility index (Phi) is 8.43. The van der Waals surface area contributed by atoms with Crippen molar-refractivity contribution in [3.8, 4) is 0 Å². The molecule has 0 aromatic heterocycles.